The minimum absolute atomic E-state index is 0.363. The number of hydrogen-bond donors (Lipinski definition) is 2. The predicted octanol–water partition coefficient (Wildman–Crippen LogP) is 1.30. The maximum Gasteiger partial charge on any atom is 0.123 e. The number of likely N-dealkylation sites (tertiary alicyclic amines) is 1. The highest BCUT2D eigenvalue weighted by Crippen LogP contribution is 2.30. The van der Waals surface area contributed by atoms with Crippen LogP contribution in [0.5, 0.6) is 0 Å². The molecule has 3 rings (SSSR count). The van der Waals surface area contributed by atoms with Crippen LogP contribution in [0.1, 0.15) is 29.7 Å². The summed E-state index contributed by atoms with van der Waals surface area (Å²) in [5.41, 5.74) is 0.534. The molecule has 1 fully saturated rings. The van der Waals surface area contributed by atoms with E-state index in [1.165, 1.54) is 24.4 Å². The van der Waals surface area contributed by atoms with Crippen molar-refractivity contribution in [1.29, 1.82) is 5.26 Å². The standard InChI is InChI=1S/C15H16FN5O/c16-13-3-2-11(7-17)12(6-13)9-21-5-1-4-15(22,10-21)14-8-18-20-19-14/h2-3,6,8,22H,1,4-5,9-10H2,(H,18,19,20). The van der Waals surface area contributed by atoms with Crippen LogP contribution in [0.15, 0.2) is 24.4 Å². The van der Waals surface area contributed by atoms with Gasteiger partial charge in [-0.25, -0.2) is 4.39 Å². The van der Waals surface area contributed by atoms with E-state index < -0.39 is 5.60 Å². The molecule has 7 heteroatoms. The highest BCUT2D eigenvalue weighted by atomic mass is 19.1. The van der Waals surface area contributed by atoms with Crippen LogP contribution >= 0.6 is 0 Å². The van der Waals surface area contributed by atoms with E-state index in [0.717, 1.165) is 13.0 Å². The van der Waals surface area contributed by atoms with Gasteiger partial charge in [0.25, 0.3) is 0 Å². The molecule has 0 spiro atoms. The molecule has 2 aromatic rings. The quantitative estimate of drug-likeness (QED) is 0.892. The highest BCUT2D eigenvalue weighted by molar-refractivity contribution is 5.37. The van der Waals surface area contributed by atoms with Crippen LogP contribution in [-0.4, -0.2) is 38.5 Å². The smallest absolute Gasteiger partial charge is 0.123 e. The van der Waals surface area contributed by atoms with E-state index in [0.29, 0.717) is 36.3 Å². The third-order valence-corrected chi connectivity index (χ3v) is 4.02. The third-order valence-electron chi connectivity index (χ3n) is 4.02. The van der Waals surface area contributed by atoms with Gasteiger partial charge in [0, 0.05) is 13.1 Å². The van der Waals surface area contributed by atoms with E-state index in [4.69, 9.17) is 5.26 Å². The number of nitriles is 1. The number of nitrogens with one attached hydrogen (secondary N) is 1. The fourth-order valence-corrected chi connectivity index (χ4v) is 2.94. The monoisotopic (exact) mass is 301 g/mol. The summed E-state index contributed by atoms with van der Waals surface area (Å²) in [6.07, 6.45) is 2.91. The number of aromatic nitrogens is 3. The normalized spacial score (nSPS) is 22.4. The number of β-amino-alcohol motifs (C(OH)–C–C–N with tert-alkyl or cyclic N) is 1. The van der Waals surface area contributed by atoms with Gasteiger partial charge < -0.3 is 5.11 Å². The number of piperidine rings is 1. The lowest BCUT2D eigenvalue weighted by molar-refractivity contribution is -0.0414. The lowest BCUT2D eigenvalue weighted by atomic mass is 9.89. The molecule has 22 heavy (non-hydrogen) atoms. The Hall–Kier alpha value is -2.30. The first-order valence-corrected chi connectivity index (χ1v) is 7.10. The van der Waals surface area contributed by atoms with Gasteiger partial charge in [-0.3, -0.25) is 4.90 Å². The second kappa shape index (κ2) is 5.83. The van der Waals surface area contributed by atoms with Crippen molar-refractivity contribution in [1.82, 2.24) is 20.3 Å². The fourth-order valence-electron chi connectivity index (χ4n) is 2.94. The maximum atomic E-state index is 13.4. The molecule has 1 aliphatic rings. The summed E-state index contributed by atoms with van der Waals surface area (Å²) >= 11 is 0. The van der Waals surface area contributed by atoms with Crippen molar-refractivity contribution in [2.24, 2.45) is 0 Å². The number of nitrogens with zero attached hydrogens (tertiary/aromatic N) is 4. The summed E-state index contributed by atoms with van der Waals surface area (Å²) in [6.45, 7) is 1.57. The van der Waals surface area contributed by atoms with Crippen LogP contribution in [0.25, 0.3) is 0 Å². The number of aliphatic hydroxyl groups is 1. The van der Waals surface area contributed by atoms with E-state index in [1.807, 2.05) is 4.90 Å². The molecule has 0 amide bonds. The zero-order valence-corrected chi connectivity index (χ0v) is 12.0. The van der Waals surface area contributed by atoms with E-state index in [-0.39, 0.29) is 5.82 Å². The van der Waals surface area contributed by atoms with Crippen molar-refractivity contribution in [3.05, 3.63) is 47.0 Å². The average molecular weight is 301 g/mol. The number of H-pyrrole nitrogens is 1. The molecule has 1 aromatic heterocycles. The van der Waals surface area contributed by atoms with Crippen LogP contribution < -0.4 is 0 Å². The van der Waals surface area contributed by atoms with Crippen molar-refractivity contribution in [2.75, 3.05) is 13.1 Å². The van der Waals surface area contributed by atoms with E-state index >= 15 is 0 Å². The van der Waals surface area contributed by atoms with Crippen molar-refractivity contribution in [3.8, 4) is 6.07 Å². The summed E-state index contributed by atoms with van der Waals surface area (Å²) in [7, 11) is 0. The second-order valence-corrected chi connectivity index (χ2v) is 5.61. The van der Waals surface area contributed by atoms with Crippen molar-refractivity contribution >= 4 is 0 Å². The van der Waals surface area contributed by atoms with Gasteiger partial charge in [-0.1, -0.05) is 0 Å². The van der Waals surface area contributed by atoms with Crippen molar-refractivity contribution in [2.45, 2.75) is 25.0 Å². The zero-order valence-electron chi connectivity index (χ0n) is 12.0. The first kappa shape index (κ1) is 14.6. The van der Waals surface area contributed by atoms with Gasteiger partial charge in [-0.15, -0.1) is 0 Å². The fraction of sp³-hybridized carbons (Fsp3) is 0.400. The van der Waals surface area contributed by atoms with Crippen LogP contribution in [0.3, 0.4) is 0 Å². The van der Waals surface area contributed by atoms with Crippen LogP contribution in [0.2, 0.25) is 0 Å². The molecule has 1 aromatic carbocycles. The van der Waals surface area contributed by atoms with Crippen LogP contribution in [0, 0.1) is 17.1 Å². The molecule has 1 aliphatic heterocycles. The van der Waals surface area contributed by atoms with Crippen LogP contribution in [-0.2, 0) is 12.1 Å². The summed E-state index contributed by atoms with van der Waals surface area (Å²) in [5.74, 6) is -0.363. The number of halogens is 1. The Balaban J connectivity index is 1.79. The predicted molar refractivity (Wildman–Crippen MR) is 75.9 cm³/mol. The maximum absolute atomic E-state index is 13.4. The third kappa shape index (κ3) is 2.84. The zero-order chi connectivity index (χ0) is 15.6. The molecule has 1 unspecified atom stereocenters. The number of benzene rings is 1. The molecular formula is C15H16FN5O. The minimum Gasteiger partial charge on any atom is -0.382 e. The first-order chi connectivity index (χ1) is 10.6. The molecule has 114 valence electrons. The SMILES string of the molecule is N#Cc1ccc(F)cc1CN1CCCC(O)(c2cn[nH]n2)C1. The lowest BCUT2D eigenvalue weighted by Crippen LogP contribution is -2.46. The van der Waals surface area contributed by atoms with Crippen molar-refractivity contribution in [3.63, 3.8) is 0 Å². The summed E-state index contributed by atoms with van der Waals surface area (Å²) in [6, 6.07) is 6.22. The minimum atomic E-state index is -1.06. The Morgan fingerprint density at radius 2 is 2.36 bits per heavy atom. The van der Waals surface area contributed by atoms with Gasteiger partial charge >= 0.3 is 0 Å². The Bertz CT molecular complexity index is 696. The largest absolute Gasteiger partial charge is 0.382 e. The van der Waals surface area contributed by atoms with E-state index in [9.17, 15) is 9.50 Å². The van der Waals surface area contributed by atoms with Gasteiger partial charge in [-0.05, 0) is 43.1 Å². The topological polar surface area (TPSA) is 88.8 Å². The average Bonchev–Trinajstić information content (AvgIpc) is 3.03. The number of hydrogen-bond acceptors (Lipinski definition) is 5. The summed E-state index contributed by atoms with van der Waals surface area (Å²) in [5, 5.41) is 30.1. The molecule has 0 bridgehead atoms. The van der Waals surface area contributed by atoms with E-state index in [2.05, 4.69) is 21.5 Å². The van der Waals surface area contributed by atoms with E-state index in [1.54, 1.807) is 0 Å². The molecule has 0 aliphatic carbocycles. The van der Waals surface area contributed by atoms with Crippen LogP contribution in [0.4, 0.5) is 4.39 Å². The molecule has 1 saturated heterocycles. The van der Waals surface area contributed by atoms with Crippen molar-refractivity contribution < 1.29 is 9.50 Å². The Morgan fingerprint density at radius 1 is 1.50 bits per heavy atom. The summed E-state index contributed by atoms with van der Waals surface area (Å²) in [4.78, 5) is 2.01. The summed E-state index contributed by atoms with van der Waals surface area (Å²) < 4.78 is 13.4. The molecule has 0 radical (unpaired) electrons. The van der Waals surface area contributed by atoms with Gasteiger partial charge in [0.2, 0.25) is 0 Å². The Labute approximate surface area is 127 Å². The molecule has 6 nitrogen and oxygen atoms in total. The molecular weight excluding hydrogens is 285 g/mol. The molecule has 0 saturated carbocycles. The Kier molecular flexibility index (Phi) is 3.88. The lowest BCUT2D eigenvalue weighted by Gasteiger charge is -2.38. The van der Waals surface area contributed by atoms with Gasteiger partial charge in [0.15, 0.2) is 0 Å². The first-order valence-electron chi connectivity index (χ1n) is 7.10. The molecule has 1 atom stereocenters. The van der Waals surface area contributed by atoms with Gasteiger partial charge in [0.1, 0.15) is 17.1 Å². The number of rotatable bonds is 3. The second-order valence-electron chi connectivity index (χ2n) is 5.61. The highest BCUT2D eigenvalue weighted by Gasteiger charge is 2.37. The molecule has 2 heterocycles. The number of aromatic amines is 1. The Morgan fingerprint density at radius 3 is 3.09 bits per heavy atom. The molecule has 2 N–H and O–H groups in total. The van der Waals surface area contributed by atoms with Gasteiger partial charge in [-0.2, -0.15) is 20.7 Å². The van der Waals surface area contributed by atoms with Gasteiger partial charge in [0.05, 0.1) is 17.8 Å².